The number of amides is 1. The molecule has 1 saturated heterocycles. The fourth-order valence-corrected chi connectivity index (χ4v) is 2.29. The summed E-state index contributed by atoms with van der Waals surface area (Å²) in [5.41, 5.74) is 0.793. The molecule has 18 heavy (non-hydrogen) atoms. The number of rotatable bonds is 5. The lowest BCUT2D eigenvalue weighted by Crippen LogP contribution is -2.33. The van der Waals surface area contributed by atoms with Crippen LogP contribution in [-0.4, -0.2) is 31.7 Å². The topological polar surface area (TPSA) is 50.4 Å². The van der Waals surface area contributed by atoms with Gasteiger partial charge in [-0.05, 0) is 40.9 Å². The van der Waals surface area contributed by atoms with Gasteiger partial charge in [0.25, 0.3) is 0 Å². The van der Waals surface area contributed by atoms with Gasteiger partial charge in [-0.1, -0.05) is 12.1 Å². The number of anilines is 1. The van der Waals surface area contributed by atoms with Gasteiger partial charge < -0.3 is 15.4 Å². The van der Waals surface area contributed by atoms with E-state index in [0.29, 0.717) is 6.54 Å². The van der Waals surface area contributed by atoms with Gasteiger partial charge in [0, 0.05) is 17.6 Å². The third-order valence-electron chi connectivity index (χ3n) is 2.83. The molecule has 1 amide bonds. The summed E-state index contributed by atoms with van der Waals surface area (Å²) in [6, 6.07) is 7.56. The molecule has 0 aromatic heterocycles. The van der Waals surface area contributed by atoms with Gasteiger partial charge in [0.2, 0.25) is 5.91 Å². The molecular formula is C13H17BrN2O2. The maximum Gasteiger partial charge on any atom is 0.238 e. The number of benzene rings is 1. The Bertz CT molecular complexity index is 406. The Kier molecular flexibility index (Phi) is 5.16. The first-order chi connectivity index (χ1) is 8.75. The van der Waals surface area contributed by atoms with Gasteiger partial charge in [0.1, 0.15) is 0 Å². The number of halogens is 1. The lowest BCUT2D eigenvalue weighted by atomic mass is 10.2. The maximum absolute atomic E-state index is 11.7. The second kappa shape index (κ2) is 6.87. The zero-order valence-corrected chi connectivity index (χ0v) is 11.7. The molecule has 1 fully saturated rings. The summed E-state index contributed by atoms with van der Waals surface area (Å²) in [5.74, 6) is -0.0418. The molecule has 1 aromatic rings. The van der Waals surface area contributed by atoms with E-state index in [1.165, 1.54) is 0 Å². The zero-order chi connectivity index (χ0) is 12.8. The Balaban J connectivity index is 1.70. The SMILES string of the molecule is O=C(CNC[C@H]1CCCO1)Nc1ccccc1Br. The Labute approximate surface area is 115 Å². The Morgan fingerprint density at radius 2 is 2.28 bits per heavy atom. The van der Waals surface area contributed by atoms with Crippen LogP contribution in [0.25, 0.3) is 0 Å². The van der Waals surface area contributed by atoms with Gasteiger partial charge in [0.05, 0.1) is 18.3 Å². The van der Waals surface area contributed by atoms with Crippen LogP contribution in [0.1, 0.15) is 12.8 Å². The van der Waals surface area contributed by atoms with Crippen LogP contribution in [0.3, 0.4) is 0 Å². The molecular weight excluding hydrogens is 296 g/mol. The van der Waals surface area contributed by atoms with Gasteiger partial charge in [-0.25, -0.2) is 0 Å². The Morgan fingerprint density at radius 3 is 3.00 bits per heavy atom. The van der Waals surface area contributed by atoms with E-state index in [9.17, 15) is 4.79 Å². The molecule has 0 saturated carbocycles. The van der Waals surface area contributed by atoms with Crippen molar-refractivity contribution in [3.05, 3.63) is 28.7 Å². The molecule has 2 N–H and O–H groups in total. The molecule has 0 unspecified atom stereocenters. The number of hydrogen-bond acceptors (Lipinski definition) is 3. The summed E-state index contributed by atoms with van der Waals surface area (Å²) < 4.78 is 6.36. The molecule has 4 nitrogen and oxygen atoms in total. The maximum atomic E-state index is 11.7. The smallest absolute Gasteiger partial charge is 0.238 e. The van der Waals surface area contributed by atoms with E-state index in [0.717, 1.165) is 36.2 Å². The minimum atomic E-state index is -0.0418. The number of para-hydroxylation sites is 1. The molecule has 98 valence electrons. The van der Waals surface area contributed by atoms with E-state index in [2.05, 4.69) is 26.6 Å². The normalized spacial score (nSPS) is 18.8. The number of carbonyl (C=O) groups excluding carboxylic acids is 1. The highest BCUT2D eigenvalue weighted by Crippen LogP contribution is 2.20. The summed E-state index contributed by atoms with van der Waals surface area (Å²) >= 11 is 3.39. The minimum absolute atomic E-state index is 0.0418. The third-order valence-corrected chi connectivity index (χ3v) is 3.52. The number of carbonyl (C=O) groups is 1. The van der Waals surface area contributed by atoms with Crippen LogP contribution >= 0.6 is 15.9 Å². The van der Waals surface area contributed by atoms with E-state index < -0.39 is 0 Å². The standard InChI is InChI=1S/C13H17BrN2O2/c14-11-5-1-2-6-12(11)16-13(17)9-15-8-10-4-3-7-18-10/h1-2,5-6,10,15H,3-4,7-9H2,(H,16,17)/t10-/m1/s1. The first-order valence-electron chi connectivity index (χ1n) is 6.12. The van der Waals surface area contributed by atoms with Crippen molar-refractivity contribution in [2.75, 3.05) is 25.0 Å². The summed E-state index contributed by atoms with van der Waals surface area (Å²) in [7, 11) is 0. The number of hydrogen-bond donors (Lipinski definition) is 2. The Hall–Kier alpha value is -0.910. The number of ether oxygens (including phenoxy) is 1. The van der Waals surface area contributed by atoms with Crippen LogP contribution in [-0.2, 0) is 9.53 Å². The highest BCUT2D eigenvalue weighted by Gasteiger charge is 2.15. The quantitative estimate of drug-likeness (QED) is 0.876. The summed E-state index contributed by atoms with van der Waals surface area (Å²) in [4.78, 5) is 11.7. The molecule has 0 radical (unpaired) electrons. The molecule has 1 aliphatic heterocycles. The van der Waals surface area contributed by atoms with Crippen LogP contribution < -0.4 is 10.6 Å². The molecule has 1 aromatic carbocycles. The van der Waals surface area contributed by atoms with Crippen LogP contribution in [0.15, 0.2) is 28.7 Å². The lowest BCUT2D eigenvalue weighted by molar-refractivity contribution is -0.115. The molecule has 0 bridgehead atoms. The van der Waals surface area contributed by atoms with Crippen LogP contribution in [0.2, 0.25) is 0 Å². The highest BCUT2D eigenvalue weighted by molar-refractivity contribution is 9.10. The van der Waals surface area contributed by atoms with E-state index in [4.69, 9.17) is 4.74 Å². The van der Waals surface area contributed by atoms with Gasteiger partial charge in [-0.15, -0.1) is 0 Å². The lowest BCUT2D eigenvalue weighted by Gasteiger charge is -2.11. The average molecular weight is 313 g/mol. The van der Waals surface area contributed by atoms with Gasteiger partial charge in [-0.3, -0.25) is 4.79 Å². The van der Waals surface area contributed by atoms with Crippen molar-refractivity contribution in [3.63, 3.8) is 0 Å². The molecule has 0 aliphatic carbocycles. The molecule has 5 heteroatoms. The van der Waals surface area contributed by atoms with Gasteiger partial charge in [0.15, 0.2) is 0 Å². The molecule has 1 aliphatic rings. The minimum Gasteiger partial charge on any atom is -0.377 e. The van der Waals surface area contributed by atoms with Gasteiger partial charge in [-0.2, -0.15) is 0 Å². The molecule has 1 atom stereocenters. The van der Waals surface area contributed by atoms with Crippen LogP contribution in [0.5, 0.6) is 0 Å². The molecule has 1 heterocycles. The first-order valence-corrected chi connectivity index (χ1v) is 6.91. The Morgan fingerprint density at radius 1 is 1.44 bits per heavy atom. The third kappa shape index (κ3) is 4.08. The highest BCUT2D eigenvalue weighted by atomic mass is 79.9. The number of nitrogens with one attached hydrogen (secondary N) is 2. The van der Waals surface area contributed by atoms with E-state index in [-0.39, 0.29) is 12.0 Å². The van der Waals surface area contributed by atoms with E-state index in [1.807, 2.05) is 24.3 Å². The largest absolute Gasteiger partial charge is 0.377 e. The molecule has 2 rings (SSSR count). The van der Waals surface area contributed by atoms with Crippen molar-refractivity contribution in [1.29, 1.82) is 0 Å². The van der Waals surface area contributed by atoms with Crippen molar-refractivity contribution < 1.29 is 9.53 Å². The molecule has 0 spiro atoms. The average Bonchev–Trinajstić information content (AvgIpc) is 2.85. The zero-order valence-electron chi connectivity index (χ0n) is 10.1. The van der Waals surface area contributed by atoms with E-state index >= 15 is 0 Å². The summed E-state index contributed by atoms with van der Waals surface area (Å²) in [5, 5.41) is 5.96. The van der Waals surface area contributed by atoms with Crippen LogP contribution in [0, 0.1) is 0 Å². The van der Waals surface area contributed by atoms with Crippen molar-refractivity contribution in [1.82, 2.24) is 5.32 Å². The summed E-state index contributed by atoms with van der Waals surface area (Å²) in [6.07, 6.45) is 2.47. The summed E-state index contributed by atoms with van der Waals surface area (Å²) in [6.45, 7) is 1.89. The van der Waals surface area contributed by atoms with Crippen LogP contribution in [0.4, 0.5) is 5.69 Å². The van der Waals surface area contributed by atoms with Crippen molar-refractivity contribution in [2.24, 2.45) is 0 Å². The second-order valence-corrected chi connectivity index (χ2v) is 5.15. The van der Waals surface area contributed by atoms with Crippen molar-refractivity contribution >= 4 is 27.5 Å². The first kappa shape index (κ1) is 13.5. The fourth-order valence-electron chi connectivity index (χ4n) is 1.91. The predicted octanol–water partition coefficient (Wildman–Crippen LogP) is 2.16. The van der Waals surface area contributed by atoms with Crippen molar-refractivity contribution in [2.45, 2.75) is 18.9 Å². The predicted molar refractivity (Wildman–Crippen MR) is 74.6 cm³/mol. The monoisotopic (exact) mass is 312 g/mol. The fraction of sp³-hybridized carbons (Fsp3) is 0.462. The van der Waals surface area contributed by atoms with E-state index in [1.54, 1.807) is 0 Å². The van der Waals surface area contributed by atoms with Crippen molar-refractivity contribution in [3.8, 4) is 0 Å². The second-order valence-electron chi connectivity index (χ2n) is 4.29. The van der Waals surface area contributed by atoms with Gasteiger partial charge >= 0.3 is 0 Å².